The third-order valence-electron chi connectivity index (χ3n) is 3.35. The molecule has 1 unspecified atom stereocenters. The van der Waals surface area contributed by atoms with Gasteiger partial charge in [-0.05, 0) is 25.8 Å². The summed E-state index contributed by atoms with van der Waals surface area (Å²) in [7, 11) is 1.28. The molecule has 0 aromatic carbocycles. The fourth-order valence-corrected chi connectivity index (χ4v) is 2.10. The quantitative estimate of drug-likeness (QED) is 0.586. The highest BCUT2D eigenvalue weighted by Crippen LogP contribution is 2.21. The molecule has 1 amide bonds. The summed E-state index contributed by atoms with van der Waals surface area (Å²) in [5, 5.41) is 2.54. The van der Waals surface area contributed by atoms with Crippen LogP contribution < -0.4 is 5.32 Å². The number of carbonyl (C=O) groups excluding carboxylic acids is 3. The highest BCUT2D eigenvalue weighted by atomic mass is 16.5. The third kappa shape index (κ3) is 4.21. The first-order valence-electron chi connectivity index (χ1n) is 7.26. The van der Waals surface area contributed by atoms with Gasteiger partial charge in [0, 0.05) is 12.2 Å². The summed E-state index contributed by atoms with van der Waals surface area (Å²) in [5.74, 6) is -1.65. The van der Waals surface area contributed by atoms with Crippen molar-refractivity contribution in [3.05, 3.63) is 35.2 Å². The van der Waals surface area contributed by atoms with Crippen molar-refractivity contribution in [3.8, 4) is 0 Å². The molecule has 23 heavy (non-hydrogen) atoms. The largest absolute Gasteiger partial charge is 0.465 e. The molecule has 0 radical (unpaired) electrons. The van der Waals surface area contributed by atoms with Gasteiger partial charge < -0.3 is 19.8 Å². The predicted octanol–water partition coefficient (Wildman–Crippen LogP) is 1.52. The van der Waals surface area contributed by atoms with Crippen molar-refractivity contribution >= 4 is 17.8 Å². The third-order valence-corrected chi connectivity index (χ3v) is 3.35. The Morgan fingerprint density at radius 2 is 2.00 bits per heavy atom. The van der Waals surface area contributed by atoms with Gasteiger partial charge in [0.2, 0.25) is 0 Å². The Hall–Kier alpha value is -2.57. The average molecular weight is 322 g/mol. The molecule has 0 aliphatic rings. The molecule has 0 spiro atoms. The lowest BCUT2D eigenvalue weighted by Gasteiger charge is -2.12. The Morgan fingerprint density at radius 3 is 2.52 bits per heavy atom. The maximum atomic E-state index is 12.2. The Bertz CT molecular complexity index is 618. The highest BCUT2D eigenvalue weighted by molar-refractivity contribution is 5.99. The van der Waals surface area contributed by atoms with E-state index in [2.05, 4.69) is 16.9 Å². The SMILES string of the molecule is C=CCNC(=O)C(C)OC(=O)c1[nH]c(CC)c(C(=O)OC)c1C. The van der Waals surface area contributed by atoms with Crippen LogP contribution in [0.3, 0.4) is 0 Å². The Morgan fingerprint density at radius 1 is 1.35 bits per heavy atom. The molecule has 1 atom stereocenters. The van der Waals surface area contributed by atoms with Crippen LogP contribution in [0.25, 0.3) is 0 Å². The number of ether oxygens (including phenoxy) is 2. The van der Waals surface area contributed by atoms with Crippen molar-refractivity contribution in [2.24, 2.45) is 0 Å². The molecule has 2 N–H and O–H groups in total. The number of rotatable bonds is 7. The van der Waals surface area contributed by atoms with E-state index in [1.807, 2.05) is 6.92 Å². The van der Waals surface area contributed by atoms with E-state index in [1.165, 1.54) is 20.1 Å². The van der Waals surface area contributed by atoms with Gasteiger partial charge in [0.15, 0.2) is 6.10 Å². The number of amides is 1. The molecule has 0 aliphatic heterocycles. The zero-order valence-corrected chi connectivity index (χ0v) is 13.8. The summed E-state index contributed by atoms with van der Waals surface area (Å²) in [6, 6.07) is 0. The van der Waals surface area contributed by atoms with Crippen molar-refractivity contribution in [1.29, 1.82) is 0 Å². The summed E-state index contributed by atoms with van der Waals surface area (Å²) in [6.45, 7) is 8.71. The normalized spacial score (nSPS) is 11.5. The molecule has 1 aromatic rings. The molecule has 1 heterocycles. The molecule has 0 fully saturated rings. The molecule has 7 nitrogen and oxygen atoms in total. The molecule has 1 aromatic heterocycles. The van der Waals surface area contributed by atoms with Gasteiger partial charge in [0.25, 0.3) is 5.91 Å². The lowest BCUT2D eigenvalue weighted by molar-refractivity contribution is -0.128. The van der Waals surface area contributed by atoms with Crippen LogP contribution in [0, 0.1) is 6.92 Å². The molecule has 0 bridgehead atoms. The van der Waals surface area contributed by atoms with Crippen LogP contribution in [0.5, 0.6) is 0 Å². The number of nitrogens with one attached hydrogen (secondary N) is 2. The minimum Gasteiger partial charge on any atom is -0.465 e. The van der Waals surface area contributed by atoms with Gasteiger partial charge in [-0.15, -0.1) is 6.58 Å². The maximum Gasteiger partial charge on any atom is 0.355 e. The fraction of sp³-hybridized carbons (Fsp3) is 0.438. The molecule has 0 saturated carbocycles. The van der Waals surface area contributed by atoms with E-state index in [-0.39, 0.29) is 12.2 Å². The number of hydrogen-bond acceptors (Lipinski definition) is 5. The van der Waals surface area contributed by atoms with Crippen molar-refractivity contribution in [1.82, 2.24) is 10.3 Å². The lowest BCUT2D eigenvalue weighted by Crippen LogP contribution is -2.36. The van der Waals surface area contributed by atoms with Crippen LogP contribution in [0.1, 0.15) is 46.0 Å². The van der Waals surface area contributed by atoms with E-state index >= 15 is 0 Å². The lowest BCUT2D eigenvalue weighted by atomic mass is 10.1. The predicted molar refractivity (Wildman–Crippen MR) is 84.3 cm³/mol. The van der Waals surface area contributed by atoms with Crippen LogP contribution in [-0.2, 0) is 20.7 Å². The smallest absolute Gasteiger partial charge is 0.355 e. The van der Waals surface area contributed by atoms with E-state index in [0.29, 0.717) is 23.2 Å². The number of aromatic nitrogens is 1. The van der Waals surface area contributed by atoms with Crippen LogP contribution >= 0.6 is 0 Å². The summed E-state index contributed by atoms with van der Waals surface area (Å²) in [5.41, 5.74) is 1.50. The molecule has 0 saturated heterocycles. The topological polar surface area (TPSA) is 97.5 Å². The van der Waals surface area contributed by atoms with Crippen molar-refractivity contribution in [3.63, 3.8) is 0 Å². The number of aromatic amines is 1. The van der Waals surface area contributed by atoms with Crippen LogP contribution in [0.2, 0.25) is 0 Å². The van der Waals surface area contributed by atoms with Crippen LogP contribution in [-0.4, -0.2) is 42.6 Å². The van der Waals surface area contributed by atoms with Gasteiger partial charge in [0.1, 0.15) is 5.69 Å². The standard InChI is InChI=1S/C16H22N2O5/c1-6-8-17-14(19)10(4)23-16(21)13-9(3)12(15(20)22-5)11(7-2)18-13/h6,10,18H,1,7-8H2,2-5H3,(H,17,19). The molecular formula is C16H22N2O5. The molecule has 0 aliphatic carbocycles. The van der Waals surface area contributed by atoms with Gasteiger partial charge >= 0.3 is 11.9 Å². The first-order valence-corrected chi connectivity index (χ1v) is 7.26. The first kappa shape index (κ1) is 18.5. The Balaban J connectivity index is 2.96. The number of esters is 2. The van der Waals surface area contributed by atoms with Crippen molar-refractivity contribution in [2.45, 2.75) is 33.3 Å². The molecule has 1 rings (SSSR count). The number of hydrogen-bond donors (Lipinski definition) is 2. The zero-order chi connectivity index (χ0) is 17.6. The summed E-state index contributed by atoms with van der Waals surface area (Å²) < 4.78 is 9.87. The Kier molecular flexibility index (Phi) is 6.56. The number of carbonyl (C=O) groups is 3. The summed E-state index contributed by atoms with van der Waals surface area (Å²) >= 11 is 0. The first-order chi connectivity index (χ1) is 10.9. The highest BCUT2D eigenvalue weighted by Gasteiger charge is 2.26. The maximum absolute atomic E-state index is 12.2. The molecule has 7 heteroatoms. The van der Waals surface area contributed by atoms with Gasteiger partial charge in [-0.1, -0.05) is 13.0 Å². The van der Waals surface area contributed by atoms with Crippen molar-refractivity contribution in [2.75, 3.05) is 13.7 Å². The molecule has 126 valence electrons. The van der Waals surface area contributed by atoms with Gasteiger partial charge in [-0.25, -0.2) is 9.59 Å². The van der Waals surface area contributed by atoms with E-state index < -0.39 is 23.9 Å². The second-order valence-electron chi connectivity index (χ2n) is 4.91. The zero-order valence-electron chi connectivity index (χ0n) is 13.8. The van der Waals surface area contributed by atoms with E-state index in [9.17, 15) is 14.4 Å². The van der Waals surface area contributed by atoms with E-state index in [4.69, 9.17) is 9.47 Å². The van der Waals surface area contributed by atoms with Crippen molar-refractivity contribution < 1.29 is 23.9 Å². The van der Waals surface area contributed by atoms with E-state index in [1.54, 1.807) is 6.92 Å². The molecular weight excluding hydrogens is 300 g/mol. The number of aryl methyl sites for hydroxylation is 1. The second-order valence-corrected chi connectivity index (χ2v) is 4.91. The number of H-pyrrole nitrogens is 1. The summed E-state index contributed by atoms with van der Waals surface area (Å²) in [6.07, 6.45) is 1.09. The van der Waals surface area contributed by atoms with E-state index in [0.717, 1.165) is 0 Å². The van der Waals surface area contributed by atoms with Gasteiger partial charge in [0.05, 0.1) is 12.7 Å². The van der Waals surface area contributed by atoms with Gasteiger partial charge in [-0.2, -0.15) is 0 Å². The van der Waals surface area contributed by atoms with Crippen LogP contribution in [0.4, 0.5) is 0 Å². The monoisotopic (exact) mass is 322 g/mol. The number of methoxy groups -OCH3 is 1. The average Bonchev–Trinajstić information content (AvgIpc) is 2.88. The fourth-order valence-electron chi connectivity index (χ4n) is 2.10. The minimum absolute atomic E-state index is 0.144. The van der Waals surface area contributed by atoms with Crippen LogP contribution in [0.15, 0.2) is 12.7 Å². The van der Waals surface area contributed by atoms with Gasteiger partial charge in [-0.3, -0.25) is 4.79 Å². The minimum atomic E-state index is -0.961. The second kappa shape index (κ2) is 8.17. The Labute approximate surface area is 135 Å². The summed E-state index contributed by atoms with van der Waals surface area (Å²) in [4.78, 5) is 38.7.